The molecule has 1 aliphatic rings. The summed E-state index contributed by atoms with van der Waals surface area (Å²) in [4.78, 5) is 20.8. The Morgan fingerprint density at radius 1 is 1.52 bits per heavy atom. The zero-order chi connectivity index (χ0) is 15.2. The molecule has 1 fully saturated rings. The van der Waals surface area contributed by atoms with Crippen molar-refractivity contribution in [1.82, 2.24) is 15.2 Å². The highest BCUT2D eigenvalue weighted by molar-refractivity contribution is 7.13. The predicted molar refractivity (Wildman–Crippen MR) is 87.8 cm³/mol. The molecule has 1 amide bonds. The number of anilines is 1. The molecule has 1 aromatic heterocycles. The summed E-state index contributed by atoms with van der Waals surface area (Å²) in [6, 6.07) is 0.573. The summed E-state index contributed by atoms with van der Waals surface area (Å²) >= 11 is 1.60. The highest BCUT2D eigenvalue weighted by Gasteiger charge is 2.19. The predicted octanol–water partition coefficient (Wildman–Crippen LogP) is 2.09. The lowest BCUT2D eigenvalue weighted by atomic mass is 9.98. The molecule has 1 saturated heterocycles. The molecule has 0 aliphatic carbocycles. The first-order chi connectivity index (χ1) is 10.1. The van der Waals surface area contributed by atoms with Crippen molar-refractivity contribution in [2.75, 3.05) is 32.6 Å². The van der Waals surface area contributed by atoms with Crippen LogP contribution in [-0.2, 0) is 11.3 Å². The normalized spacial score (nSPS) is 19.5. The first-order valence-electron chi connectivity index (χ1n) is 7.65. The molecule has 0 spiro atoms. The Labute approximate surface area is 131 Å². The van der Waals surface area contributed by atoms with Crippen LogP contribution in [0, 0.1) is 0 Å². The van der Waals surface area contributed by atoms with Crippen molar-refractivity contribution < 1.29 is 4.79 Å². The number of nitrogens with one attached hydrogen (secondary N) is 1. The maximum absolute atomic E-state index is 11.9. The van der Waals surface area contributed by atoms with Gasteiger partial charge >= 0.3 is 0 Å². The van der Waals surface area contributed by atoms with Crippen LogP contribution < -0.4 is 10.2 Å². The molecular formula is C15H26N4OS. The molecule has 21 heavy (non-hydrogen) atoms. The molecule has 1 aliphatic heterocycles. The number of hydrogen-bond acceptors (Lipinski definition) is 5. The number of nitrogens with zero attached hydrogens (tertiary/aromatic N) is 3. The van der Waals surface area contributed by atoms with Gasteiger partial charge in [-0.3, -0.25) is 4.79 Å². The minimum absolute atomic E-state index is 0.133. The average molecular weight is 310 g/mol. The number of rotatable bonds is 6. The number of carbonyl (C=O) groups is 1. The second-order valence-corrected chi connectivity index (χ2v) is 6.80. The number of likely N-dealkylation sites (tertiary alicyclic amines) is 1. The number of piperidine rings is 1. The summed E-state index contributed by atoms with van der Waals surface area (Å²) in [5.41, 5.74) is 0.937. The van der Waals surface area contributed by atoms with Crippen molar-refractivity contribution in [2.24, 2.45) is 0 Å². The first-order valence-corrected chi connectivity index (χ1v) is 8.53. The highest BCUT2D eigenvalue weighted by atomic mass is 32.1. The Morgan fingerprint density at radius 2 is 2.33 bits per heavy atom. The van der Waals surface area contributed by atoms with Gasteiger partial charge in [-0.2, -0.15) is 0 Å². The fourth-order valence-corrected chi connectivity index (χ4v) is 3.43. The third kappa shape index (κ3) is 4.97. The van der Waals surface area contributed by atoms with Gasteiger partial charge in [0.15, 0.2) is 5.13 Å². The van der Waals surface area contributed by atoms with Crippen molar-refractivity contribution in [1.29, 1.82) is 0 Å². The Balaban J connectivity index is 1.69. The SMILES string of the molecule is CN(C)c1nc(CNC(=O)CC[C@H]2CCCCN2C)cs1. The van der Waals surface area contributed by atoms with E-state index in [0.29, 0.717) is 19.0 Å². The summed E-state index contributed by atoms with van der Waals surface area (Å²) in [6.07, 6.45) is 5.38. The van der Waals surface area contributed by atoms with Gasteiger partial charge in [0.05, 0.1) is 12.2 Å². The van der Waals surface area contributed by atoms with Gasteiger partial charge in [-0.25, -0.2) is 4.98 Å². The van der Waals surface area contributed by atoms with E-state index in [-0.39, 0.29) is 5.91 Å². The molecule has 0 saturated carbocycles. The lowest BCUT2D eigenvalue weighted by molar-refractivity contribution is -0.121. The largest absolute Gasteiger partial charge is 0.354 e. The Morgan fingerprint density at radius 3 is 3.00 bits per heavy atom. The molecule has 0 aromatic carbocycles. The summed E-state index contributed by atoms with van der Waals surface area (Å²) in [6.45, 7) is 1.70. The van der Waals surface area contributed by atoms with Crippen molar-refractivity contribution in [3.8, 4) is 0 Å². The van der Waals surface area contributed by atoms with E-state index >= 15 is 0 Å². The molecule has 118 valence electrons. The summed E-state index contributed by atoms with van der Waals surface area (Å²) in [5, 5.41) is 5.95. The van der Waals surface area contributed by atoms with Gasteiger partial charge in [-0.15, -0.1) is 11.3 Å². The maximum Gasteiger partial charge on any atom is 0.220 e. The zero-order valence-corrected chi connectivity index (χ0v) is 14.1. The minimum atomic E-state index is 0.133. The van der Waals surface area contributed by atoms with Crippen LogP contribution in [0.25, 0.3) is 0 Å². The van der Waals surface area contributed by atoms with Crippen LogP contribution in [0.1, 0.15) is 37.8 Å². The van der Waals surface area contributed by atoms with Crippen molar-refractivity contribution in [3.63, 3.8) is 0 Å². The number of thiazole rings is 1. The Hall–Kier alpha value is -1.14. The van der Waals surface area contributed by atoms with E-state index in [0.717, 1.165) is 17.2 Å². The van der Waals surface area contributed by atoms with E-state index in [9.17, 15) is 4.79 Å². The highest BCUT2D eigenvalue weighted by Crippen LogP contribution is 2.19. The second-order valence-electron chi connectivity index (χ2n) is 5.96. The van der Waals surface area contributed by atoms with E-state index < -0.39 is 0 Å². The van der Waals surface area contributed by atoms with Crippen LogP contribution in [0.3, 0.4) is 0 Å². The molecule has 1 N–H and O–H groups in total. The van der Waals surface area contributed by atoms with E-state index in [1.54, 1.807) is 11.3 Å². The summed E-state index contributed by atoms with van der Waals surface area (Å²) < 4.78 is 0. The van der Waals surface area contributed by atoms with Crippen LogP contribution in [0.5, 0.6) is 0 Å². The van der Waals surface area contributed by atoms with Crippen LogP contribution in [0.2, 0.25) is 0 Å². The van der Waals surface area contributed by atoms with Gasteiger partial charge in [-0.05, 0) is 32.9 Å². The van der Waals surface area contributed by atoms with Gasteiger partial charge in [0.2, 0.25) is 5.91 Å². The van der Waals surface area contributed by atoms with Crippen LogP contribution in [-0.4, -0.2) is 49.5 Å². The zero-order valence-electron chi connectivity index (χ0n) is 13.3. The fourth-order valence-electron chi connectivity index (χ4n) is 2.67. The molecule has 1 aromatic rings. The molecule has 5 nitrogen and oxygen atoms in total. The van der Waals surface area contributed by atoms with Crippen LogP contribution >= 0.6 is 11.3 Å². The quantitative estimate of drug-likeness (QED) is 0.874. The molecule has 0 bridgehead atoms. The van der Waals surface area contributed by atoms with Crippen molar-refractivity contribution in [2.45, 2.75) is 44.7 Å². The average Bonchev–Trinajstić information content (AvgIpc) is 2.93. The maximum atomic E-state index is 11.9. The molecule has 1 atom stereocenters. The fraction of sp³-hybridized carbons (Fsp3) is 0.733. The standard InChI is InChI=1S/C15H26N4OS/c1-18(2)15-17-12(11-21-15)10-16-14(20)8-7-13-6-4-5-9-19(13)3/h11,13H,4-10H2,1-3H3,(H,16,20)/t13-/m1/s1. The second kappa shape index (κ2) is 7.75. The van der Waals surface area contributed by atoms with E-state index in [2.05, 4.69) is 22.2 Å². The smallest absolute Gasteiger partial charge is 0.220 e. The van der Waals surface area contributed by atoms with E-state index in [1.807, 2.05) is 24.4 Å². The van der Waals surface area contributed by atoms with E-state index in [1.165, 1.54) is 25.8 Å². The topological polar surface area (TPSA) is 48.5 Å². The van der Waals surface area contributed by atoms with Crippen LogP contribution in [0.4, 0.5) is 5.13 Å². The van der Waals surface area contributed by atoms with Crippen LogP contribution in [0.15, 0.2) is 5.38 Å². The van der Waals surface area contributed by atoms with Gasteiger partial charge in [0.25, 0.3) is 0 Å². The number of carbonyl (C=O) groups excluding carboxylic acids is 1. The summed E-state index contributed by atoms with van der Waals surface area (Å²) in [7, 11) is 6.11. The number of aromatic nitrogens is 1. The molecule has 0 radical (unpaired) electrons. The van der Waals surface area contributed by atoms with Gasteiger partial charge in [0, 0.05) is 31.9 Å². The molecule has 2 heterocycles. The Kier molecular flexibility index (Phi) is 5.99. The van der Waals surface area contributed by atoms with Gasteiger partial charge in [0.1, 0.15) is 0 Å². The minimum Gasteiger partial charge on any atom is -0.354 e. The number of hydrogen-bond donors (Lipinski definition) is 1. The first kappa shape index (κ1) is 16.2. The van der Waals surface area contributed by atoms with Crippen molar-refractivity contribution in [3.05, 3.63) is 11.1 Å². The lowest BCUT2D eigenvalue weighted by Gasteiger charge is -2.32. The lowest BCUT2D eigenvalue weighted by Crippen LogP contribution is -2.37. The molecular weight excluding hydrogens is 284 g/mol. The third-order valence-corrected chi connectivity index (χ3v) is 5.07. The molecule has 6 heteroatoms. The van der Waals surface area contributed by atoms with Gasteiger partial charge < -0.3 is 15.1 Å². The molecule has 2 rings (SSSR count). The third-order valence-electron chi connectivity index (χ3n) is 4.02. The van der Waals surface area contributed by atoms with Crippen molar-refractivity contribution >= 4 is 22.4 Å². The number of amides is 1. The van der Waals surface area contributed by atoms with Gasteiger partial charge in [-0.1, -0.05) is 6.42 Å². The van der Waals surface area contributed by atoms with E-state index in [4.69, 9.17) is 0 Å². The molecule has 0 unspecified atom stereocenters. The summed E-state index contributed by atoms with van der Waals surface area (Å²) in [5.74, 6) is 0.133. The Bertz CT molecular complexity index is 460. The monoisotopic (exact) mass is 310 g/mol.